The lowest BCUT2D eigenvalue weighted by molar-refractivity contribution is 0.477. The molecule has 0 unspecified atom stereocenters. The summed E-state index contributed by atoms with van der Waals surface area (Å²) in [7, 11) is -1.48. The van der Waals surface area contributed by atoms with E-state index in [4.69, 9.17) is 0 Å². The van der Waals surface area contributed by atoms with E-state index in [1.807, 2.05) is 12.4 Å². The van der Waals surface area contributed by atoms with E-state index in [-0.39, 0.29) is 16.4 Å². The Morgan fingerprint density at radius 3 is 2.81 bits per heavy atom. The molecule has 0 amide bonds. The minimum absolute atomic E-state index is 0.0147. The van der Waals surface area contributed by atoms with Crippen LogP contribution in [-0.2, 0) is 16.4 Å². The van der Waals surface area contributed by atoms with Crippen LogP contribution in [-0.4, -0.2) is 31.3 Å². The summed E-state index contributed by atoms with van der Waals surface area (Å²) in [6, 6.07) is 4.19. The second-order valence-corrected chi connectivity index (χ2v) is 7.52. The van der Waals surface area contributed by atoms with Crippen LogP contribution in [0.3, 0.4) is 0 Å². The first-order chi connectivity index (χ1) is 9.96. The Morgan fingerprint density at radius 1 is 1.38 bits per heavy atom. The number of anilines is 2. The van der Waals surface area contributed by atoms with E-state index >= 15 is 0 Å². The van der Waals surface area contributed by atoms with Crippen molar-refractivity contribution < 1.29 is 13.5 Å². The van der Waals surface area contributed by atoms with E-state index in [2.05, 4.69) is 15.6 Å². The van der Waals surface area contributed by atoms with Crippen LogP contribution in [0.5, 0.6) is 5.75 Å². The van der Waals surface area contributed by atoms with Crippen molar-refractivity contribution in [3.05, 3.63) is 29.3 Å². The number of hydrogen-bond acceptors (Lipinski definition) is 7. The molecule has 3 N–H and O–H groups in total. The van der Waals surface area contributed by atoms with Crippen molar-refractivity contribution in [1.29, 1.82) is 0 Å². The molecule has 8 heteroatoms. The quantitative estimate of drug-likeness (QED) is 0.704. The van der Waals surface area contributed by atoms with Gasteiger partial charge in [0.2, 0.25) is 0 Å². The third-order valence-corrected chi connectivity index (χ3v) is 5.40. The fourth-order valence-electron chi connectivity index (χ4n) is 1.72. The molecule has 1 aromatic carbocycles. The van der Waals surface area contributed by atoms with Crippen LogP contribution in [0, 0.1) is 0 Å². The average molecular weight is 327 g/mol. The van der Waals surface area contributed by atoms with Gasteiger partial charge in [-0.2, -0.15) is 0 Å². The van der Waals surface area contributed by atoms with Crippen LogP contribution in [0.25, 0.3) is 0 Å². The van der Waals surface area contributed by atoms with Crippen molar-refractivity contribution in [3.63, 3.8) is 0 Å². The van der Waals surface area contributed by atoms with Gasteiger partial charge in [0.1, 0.15) is 5.75 Å². The molecule has 0 atom stereocenters. The summed E-state index contributed by atoms with van der Waals surface area (Å²) in [5, 5.41) is 18.3. The normalized spacial score (nSPS) is 11.5. The van der Waals surface area contributed by atoms with E-state index in [1.54, 1.807) is 6.92 Å². The lowest BCUT2D eigenvalue weighted by Gasteiger charge is -2.08. The van der Waals surface area contributed by atoms with Crippen molar-refractivity contribution >= 4 is 32.0 Å². The predicted octanol–water partition coefficient (Wildman–Crippen LogP) is 2.11. The third kappa shape index (κ3) is 3.72. The second kappa shape index (κ2) is 6.42. The van der Waals surface area contributed by atoms with Gasteiger partial charge in [-0.1, -0.05) is 6.92 Å². The highest BCUT2D eigenvalue weighted by atomic mass is 32.2. The van der Waals surface area contributed by atoms with E-state index in [9.17, 15) is 13.5 Å². The Hall–Kier alpha value is -1.64. The van der Waals surface area contributed by atoms with E-state index in [0.29, 0.717) is 17.4 Å². The molecule has 2 rings (SSSR count). The van der Waals surface area contributed by atoms with Crippen molar-refractivity contribution in [2.45, 2.75) is 18.4 Å². The van der Waals surface area contributed by atoms with Crippen LogP contribution >= 0.6 is 11.3 Å². The summed E-state index contributed by atoms with van der Waals surface area (Å²) in [5.74, 6) is -0.00346. The summed E-state index contributed by atoms with van der Waals surface area (Å²) < 4.78 is 23.8. The molecule has 0 aliphatic carbocycles. The number of thiazole rings is 1. The molecule has 0 aliphatic rings. The van der Waals surface area contributed by atoms with Crippen molar-refractivity contribution in [3.8, 4) is 5.75 Å². The lowest BCUT2D eigenvalue weighted by atomic mass is 10.3. The lowest BCUT2D eigenvalue weighted by Crippen LogP contribution is -2.05. The molecule has 0 spiro atoms. The summed E-state index contributed by atoms with van der Waals surface area (Å²) >= 11 is 1.39. The summed E-state index contributed by atoms with van der Waals surface area (Å²) in [6.45, 7) is 2.23. The zero-order chi connectivity index (χ0) is 15.5. The van der Waals surface area contributed by atoms with Gasteiger partial charge in [0.05, 0.1) is 22.0 Å². The SMILES string of the molecule is CCS(=O)(=O)c1ccc(O)c(Nc2nc(CNC)cs2)c1. The minimum atomic E-state index is -3.31. The second-order valence-electron chi connectivity index (χ2n) is 4.38. The Morgan fingerprint density at radius 2 is 2.14 bits per heavy atom. The number of benzene rings is 1. The first-order valence-electron chi connectivity index (χ1n) is 6.38. The van der Waals surface area contributed by atoms with Gasteiger partial charge in [-0.3, -0.25) is 0 Å². The summed E-state index contributed by atoms with van der Waals surface area (Å²) in [5.41, 5.74) is 1.21. The molecule has 1 aromatic heterocycles. The molecular weight excluding hydrogens is 310 g/mol. The molecule has 6 nitrogen and oxygen atoms in total. The molecule has 2 aromatic rings. The first kappa shape index (κ1) is 15.7. The number of phenols is 1. The number of phenolic OH excluding ortho intramolecular Hbond substituents is 1. The molecule has 114 valence electrons. The molecule has 0 aliphatic heterocycles. The number of hydrogen-bond donors (Lipinski definition) is 3. The third-order valence-electron chi connectivity index (χ3n) is 2.86. The Bertz CT molecular complexity index is 726. The molecule has 0 radical (unpaired) electrons. The van der Waals surface area contributed by atoms with Gasteiger partial charge in [0.25, 0.3) is 0 Å². The Balaban J connectivity index is 2.28. The van der Waals surface area contributed by atoms with Crippen LogP contribution in [0.1, 0.15) is 12.6 Å². The van der Waals surface area contributed by atoms with Gasteiger partial charge in [-0.15, -0.1) is 11.3 Å². The van der Waals surface area contributed by atoms with E-state index in [0.717, 1.165) is 5.69 Å². The number of rotatable bonds is 6. The first-order valence-corrected chi connectivity index (χ1v) is 8.91. The average Bonchev–Trinajstić information content (AvgIpc) is 2.89. The highest BCUT2D eigenvalue weighted by molar-refractivity contribution is 7.91. The number of sulfone groups is 1. The standard InChI is InChI=1S/C13H17N3O3S2/c1-3-21(18,19)10-4-5-12(17)11(6-10)16-13-15-9(7-14-2)8-20-13/h4-6,8,14,17H,3,7H2,1-2H3,(H,15,16). The highest BCUT2D eigenvalue weighted by Gasteiger charge is 2.14. The van der Waals surface area contributed by atoms with Gasteiger partial charge >= 0.3 is 0 Å². The summed E-state index contributed by atoms with van der Waals surface area (Å²) in [4.78, 5) is 4.51. The largest absolute Gasteiger partial charge is 0.506 e. The molecule has 21 heavy (non-hydrogen) atoms. The minimum Gasteiger partial charge on any atom is -0.506 e. The molecule has 0 saturated heterocycles. The topological polar surface area (TPSA) is 91.3 Å². The molecule has 1 heterocycles. The fraction of sp³-hybridized carbons (Fsp3) is 0.308. The van der Waals surface area contributed by atoms with Crippen molar-refractivity contribution in [2.75, 3.05) is 18.1 Å². The maximum absolute atomic E-state index is 11.9. The van der Waals surface area contributed by atoms with Crippen LogP contribution in [0.2, 0.25) is 0 Å². The maximum atomic E-state index is 11.9. The number of aromatic nitrogens is 1. The number of nitrogens with one attached hydrogen (secondary N) is 2. The molecule has 0 bridgehead atoms. The Kier molecular flexibility index (Phi) is 4.81. The Labute approximate surface area is 127 Å². The van der Waals surface area contributed by atoms with Gasteiger partial charge in [-0.25, -0.2) is 13.4 Å². The van der Waals surface area contributed by atoms with E-state index < -0.39 is 9.84 Å². The molecular formula is C13H17N3O3S2. The van der Waals surface area contributed by atoms with Crippen molar-refractivity contribution in [2.24, 2.45) is 0 Å². The monoisotopic (exact) mass is 327 g/mol. The summed E-state index contributed by atoms with van der Waals surface area (Å²) in [6.07, 6.45) is 0. The van der Waals surface area contributed by atoms with Gasteiger partial charge in [-0.05, 0) is 25.2 Å². The highest BCUT2D eigenvalue weighted by Crippen LogP contribution is 2.30. The van der Waals surface area contributed by atoms with Crippen molar-refractivity contribution in [1.82, 2.24) is 10.3 Å². The van der Waals surface area contributed by atoms with Gasteiger partial charge in [0, 0.05) is 11.9 Å². The molecule has 0 saturated carbocycles. The van der Waals surface area contributed by atoms with Crippen LogP contribution in [0.4, 0.5) is 10.8 Å². The maximum Gasteiger partial charge on any atom is 0.187 e. The fourth-order valence-corrected chi connectivity index (χ4v) is 3.35. The predicted molar refractivity (Wildman–Crippen MR) is 84.0 cm³/mol. The number of nitrogens with zero attached hydrogens (tertiary/aromatic N) is 1. The van der Waals surface area contributed by atoms with Crippen LogP contribution < -0.4 is 10.6 Å². The van der Waals surface area contributed by atoms with Crippen LogP contribution in [0.15, 0.2) is 28.5 Å². The zero-order valence-corrected chi connectivity index (χ0v) is 13.4. The van der Waals surface area contributed by atoms with Gasteiger partial charge in [0.15, 0.2) is 15.0 Å². The number of aromatic hydroxyl groups is 1. The molecule has 0 fully saturated rings. The zero-order valence-electron chi connectivity index (χ0n) is 11.8. The van der Waals surface area contributed by atoms with E-state index in [1.165, 1.54) is 29.5 Å². The van der Waals surface area contributed by atoms with Gasteiger partial charge < -0.3 is 15.7 Å². The smallest absolute Gasteiger partial charge is 0.187 e.